The first-order valence-electron chi connectivity index (χ1n) is 8.74. The normalized spacial score (nSPS) is 13.0. The van der Waals surface area contributed by atoms with Crippen molar-refractivity contribution in [2.75, 3.05) is 0 Å². The highest BCUT2D eigenvalue weighted by Gasteiger charge is 2.22. The molecule has 0 aliphatic heterocycles. The molecule has 132 valence electrons. The molecule has 0 amide bonds. The number of hydrogen-bond acceptors (Lipinski definition) is 3. The lowest BCUT2D eigenvalue weighted by Gasteiger charge is -2.14. The number of thioether (sulfide) groups is 1. The van der Waals surface area contributed by atoms with Crippen LogP contribution in [0.3, 0.4) is 0 Å². The van der Waals surface area contributed by atoms with Crippen LogP contribution >= 0.6 is 11.8 Å². The van der Waals surface area contributed by atoms with Gasteiger partial charge < -0.3 is 0 Å². The first kappa shape index (κ1) is 17.0. The average molecular weight is 366 g/mol. The Morgan fingerprint density at radius 1 is 1.00 bits per heavy atom. The Bertz CT molecular complexity index is 968. The monoisotopic (exact) mass is 366 g/mol. The molecule has 3 nitrogen and oxygen atoms in total. The van der Waals surface area contributed by atoms with Crippen LogP contribution in [0.5, 0.6) is 0 Å². The van der Waals surface area contributed by atoms with E-state index in [1.54, 1.807) is 23.9 Å². The molecule has 0 spiro atoms. The van der Waals surface area contributed by atoms with Crippen molar-refractivity contribution in [1.82, 2.24) is 9.55 Å². The molecular formula is C21H19FN2OS. The second kappa shape index (κ2) is 7.46. The Balaban J connectivity index is 1.61. The van der Waals surface area contributed by atoms with Crippen molar-refractivity contribution in [3.8, 4) is 0 Å². The maximum atomic E-state index is 13.0. The summed E-state index contributed by atoms with van der Waals surface area (Å²) in [4.78, 5) is 17.0. The molecule has 1 aliphatic rings. The van der Waals surface area contributed by atoms with E-state index in [1.165, 1.54) is 17.7 Å². The van der Waals surface area contributed by atoms with Crippen LogP contribution in [0.25, 0.3) is 0 Å². The Hall–Kier alpha value is -2.40. The first-order chi connectivity index (χ1) is 12.7. The van der Waals surface area contributed by atoms with Crippen LogP contribution in [0.2, 0.25) is 0 Å². The fraction of sp³-hybridized carbons (Fsp3) is 0.238. The maximum Gasteiger partial charge on any atom is 0.349 e. The Labute approximate surface area is 155 Å². The lowest BCUT2D eigenvalue weighted by Crippen LogP contribution is -2.27. The molecule has 0 radical (unpaired) electrons. The maximum absolute atomic E-state index is 13.0. The van der Waals surface area contributed by atoms with E-state index in [2.05, 4.69) is 4.98 Å². The van der Waals surface area contributed by atoms with Crippen molar-refractivity contribution in [3.63, 3.8) is 0 Å². The topological polar surface area (TPSA) is 34.9 Å². The van der Waals surface area contributed by atoms with Gasteiger partial charge in [0.25, 0.3) is 0 Å². The number of hydrogen-bond donors (Lipinski definition) is 0. The van der Waals surface area contributed by atoms with Crippen molar-refractivity contribution in [3.05, 3.63) is 93.3 Å². The summed E-state index contributed by atoms with van der Waals surface area (Å²) >= 11 is 1.57. The third-order valence-electron chi connectivity index (χ3n) is 4.67. The van der Waals surface area contributed by atoms with E-state index in [9.17, 15) is 9.18 Å². The van der Waals surface area contributed by atoms with Crippen LogP contribution in [0.15, 0.2) is 64.4 Å². The standard InChI is InChI=1S/C21H19FN2OS/c22-17-11-9-16(10-12-17)14-26-20-18-7-4-8-19(18)24(21(25)23-20)13-15-5-2-1-3-6-15/h1-3,5-6,9-12H,4,7-8,13-14H2. The molecule has 5 heteroatoms. The molecule has 26 heavy (non-hydrogen) atoms. The summed E-state index contributed by atoms with van der Waals surface area (Å²) in [5.41, 5.74) is 4.27. The zero-order valence-corrected chi connectivity index (χ0v) is 15.1. The molecule has 2 aromatic carbocycles. The average Bonchev–Trinajstić information content (AvgIpc) is 3.15. The summed E-state index contributed by atoms with van der Waals surface area (Å²) in [5, 5.41) is 0.830. The predicted molar refractivity (Wildman–Crippen MR) is 102 cm³/mol. The van der Waals surface area contributed by atoms with Crippen molar-refractivity contribution in [2.24, 2.45) is 0 Å². The van der Waals surface area contributed by atoms with Gasteiger partial charge in [-0.3, -0.25) is 4.57 Å². The summed E-state index contributed by atoms with van der Waals surface area (Å²) in [6.45, 7) is 0.567. The summed E-state index contributed by atoms with van der Waals surface area (Å²) in [7, 11) is 0. The van der Waals surface area contributed by atoms with Gasteiger partial charge in [-0.1, -0.05) is 42.5 Å². The van der Waals surface area contributed by atoms with E-state index in [4.69, 9.17) is 0 Å². The van der Waals surface area contributed by atoms with Crippen molar-refractivity contribution in [1.29, 1.82) is 0 Å². The summed E-state index contributed by atoms with van der Waals surface area (Å²) < 4.78 is 14.9. The molecule has 4 rings (SSSR count). The fourth-order valence-corrected chi connectivity index (χ4v) is 4.40. The fourth-order valence-electron chi connectivity index (χ4n) is 3.37. The van der Waals surface area contributed by atoms with Crippen molar-refractivity contribution in [2.45, 2.75) is 36.6 Å². The molecular weight excluding hydrogens is 347 g/mol. The SMILES string of the molecule is O=c1nc(SCc2ccc(F)cc2)c2c(n1Cc1ccccc1)CCC2. The molecule has 0 saturated carbocycles. The van der Waals surface area contributed by atoms with Crippen molar-refractivity contribution < 1.29 is 4.39 Å². The number of nitrogens with zero attached hydrogens (tertiary/aromatic N) is 2. The van der Waals surface area contributed by atoms with Gasteiger partial charge in [0, 0.05) is 17.0 Å². The lowest BCUT2D eigenvalue weighted by molar-refractivity contribution is 0.627. The van der Waals surface area contributed by atoms with Gasteiger partial charge in [-0.25, -0.2) is 9.18 Å². The number of benzene rings is 2. The largest absolute Gasteiger partial charge is 0.349 e. The minimum atomic E-state index is -0.235. The third-order valence-corrected chi connectivity index (χ3v) is 5.76. The molecule has 1 aliphatic carbocycles. The first-order valence-corrected chi connectivity index (χ1v) is 9.73. The molecule has 1 heterocycles. The van der Waals surface area contributed by atoms with E-state index in [1.807, 2.05) is 34.9 Å². The minimum absolute atomic E-state index is 0.184. The number of fused-ring (bicyclic) bond motifs is 1. The minimum Gasteiger partial charge on any atom is -0.292 e. The Morgan fingerprint density at radius 2 is 1.77 bits per heavy atom. The van der Waals surface area contributed by atoms with E-state index in [0.29, 0.717) is 12.3 Å². The van der Waals surface area contributed by atoms with Gasteiger partial charge in [-0.2, -0.15) is 4.98 Å². The molecule has 3 aromatic rings. The van der Waals surface area contributed by atoms with Gasteiger partial charge in [0.1, 0.15) is 10.8 Å². The van der Waals surface area contributed by atoms with Crippen LogP contribution in [0.4, 0.5) is 4.39 Å². The summed E-state index contributed by atoms with van der Waals surface area (Å²) in [6.07, 6.45) is 2.94. The zero-order chi connectivity index (χ0) is 17.9. The molecule has 0 atom stereocenters. The molecule has 0 fully saturated rings. The van der Waals surface area contributed by atoms with Crippen LogP contribution < -0.4 is 5.69 Å². The summed E-state index contributed by atoms with van der Waals surface area (Å²) in [5.74, 6) is 0.447. The van der Waals surface area contributed by atoms with Gasteiger partial charge in [0.2, 0.25) is 0 Å². The Morgan fingerprint density at radius 3 is 2.54 bits per heavy atom. The van der Waals surface area contributed by atoms with Gasteiger partial charge in [-0.05, 0) is 42.5 Å². The van der Waals surface area contributed by atoms with E-state index >= 15 is 0 Å². The molecule has 0 saturated heterocycles. The van der Waals surface area contributed by atoms with Crippen LogP contribution in [-0.2, 0) is 25.1 Å². The quantitative estimate of drug-likeness (QED) is 0.501. The third kappa shape index (κ3) is 3.58. The van der Waals surface area contributed by atoms with Crippen LogP contribution in [0.1, 0.15) is 28.8 Å². The number of aromatic nitrogens is 2. The zero-order valence-electron chi connectivity index (χ0n) is 14.3. The van der Waals surface area contributed by atoms with E-state index in [0.717, 1.165) is 41.1 Å². The highest BCUT2D eigenvalue weighted by atomic mass is 32.2. The van der Waals surface area contributed by atoms with Gasteiger partial charge in [-0.15, -0.1) is 11.8 Å². The number of rotatable bonds is 5. The predicted octanol–water partition coefficient (Wildman–Crippen LogP) is 4.21. The van der Waals surface area contributed by atoms with Gasteiger partial charge in [0.05, 0.1) is 6.54 Å². The summed E-state index contributed by atoms with van der Waals surface area (Å²) in [6, 6.07) is 16.5. The second-order valence-corrected chi connectivity index (χ2v) is 7.43. The lowest BCUT2D eigenvalue weighted by atomic mass is 10.2. The second-order valence-electron chi connectivity index (χ2n) is 6.47. The smallest absolute Gasteiger partial charge is 0.292 e. The number of halogens is 1. The molecule has 1 aromatic heterocycles. The van der Waals surface area contributed by atoms with E-state index in [-0.39, 0.29) is 11.5 Å². The van der Waals surface area contributed by atoms with Crippen molar-refractivity contribution >= 4 is 11.8 Å². The molecule has 0 unspecified atom stereocenters. The highest BCUT2D eigenvalue weighted by molar-refractivity contribution is 7.98. The van der Waals surface area contributed by atoms with Crippen LogP contribution in [0, 0.1) is 5.82 Å². The van der Waals surface area contributed by atoms with Gasteiger partial charge >= 0.3 is 5.69 Å². The van der Waals surface area contributed by atoms with E-state index < -0.39 is 0 Å². The highest BCUT2D eigenvalue weighted by Crippen LogP contribution is 2.31. The molecule has 0 N–H and O–H groups in total. The Kier molecular flexibility index (Phi) is 4.89. The van der Waals surface area contributed by atoms with Crippen LogP contribution in [-0.4, -0.2) is 9.55 Å². The van der Waals surface area contributed by atoms with Gasteiger partial charge in [0.15, 0.2) is 0 Å². The molecule has 0 bridgehead atoms.